The topological polar surface area (TPSA) is 80.4 Å². The van der Waals surface area contributed by atoms with E-state index in [2.05, 4.69) is 5.43 Å². The van der Waals surface area contributed by atoms with Crippen LogP contribution in [0.3, 0.4) is 0 Å². The van der Waals surface area contributed by atoms with Gasteiger partial charge in [0.05, 0.1) is 6.54 Å². The highest BCUT2D eigenvalue weighted by atomic mass is 35.5. The van der Waals surface area contributed by atoms with Crippen LogP contribution in [0, 0.1) is 0 Å². The van der Waals surface area contributed by atoms with Crippen molar-refractivity contribution in [2.75, 3.05) is 6.54 Å². The highest BCUT2D eigenvalue weighted by Crippen LogP contribution is 2.21. The Morgan fingerprint density at radius 3 is 2.68 bits per heavy atom. The van der Waals surface area contributed by atoms with Crippen molar-refractivity contribution < 1.29 is 4.79 Å². The van der Waals surface area contributed by atoms with Crippen LogP contribution in [0.1, 0.15) is 22.8 Å². The van der Waals surface area contributed by atoms with Crippen LogP contribution in [0.5, 0.6) is 0 Å². The molecule has 0 saturated carbocycles. The van der Waals surface area contributed by atoms with Crippen LogP contribution in [0.15, 0.2) is 41.3 Å². The van der Waals surface area contributed by atoms with Gasteiger partial charge in [0, 0.05) is 22.8 Å². The molecular formula is C16H16Cl2N4O2S. The number of hydrogen-bond acceptors (Lipinski definition) is 3. The lowest BCUT2D eigenvalue weighted by Crippen LogP contribution is -2.49. The van der Waals surface area contributed by atoms with Crippen molar-refractivity contribution in [3.05, 3.63) is 68.1 Å². The van der Waals surface area contributed by atoms with Gasteiger partial charge >= 0.3 is 0 Å². The Bertz CT molecular complexity index is 869. The van der Waals surface area contributed by atoms with Crippen molar-refractivity contribution in [1.82, 2.24) is 15.0 Å². The maximum absolute atomic E-state index is 12.6. The minimum absolute atomic E-state index is 0.0139. The van der Waals surface area contributed by atoms with Crippen molar-refractivity contribution in [2.45, 2.75) is 13.5 Å². The number of nitrogens with zero attached hydrogens (tertiary/aromatic N) is 2. The first-order valence-corrected chi connectivity index (χ1v) is 8.51. The Morgan fingerprint density at radius 1 is 1.36 bits per heavy atom. The van der Waals surface area contributed by atoms with E-state index in [-0.39, 0.29) is 17.2 Å². The molecule has 1 amide bonds. The second kappa shape index (κ2) is 8.33. The van der Waals surface area contributed by atoms with E-state index in [9.17, 15) is 9.59 Å². The van der Waals surface area contributed by atoms with Crippen LogP contribution in [0.25, 0.3) is 0 Å². The highest BCUT2D eigenvalue weighted by molar-refractivity contribution is 7.80. The molecule has 1 aromatic heterocycles. The third-order valence-corrected chi connectivity index (χ3v) is 4.25. The Hall–Kier alpha value is -2.09. The zero-order valence-corrected chi connectivity index (χ0v) is 15.7. The molecule has 0 aliphatic heterocycles. The van der Waals surface area contributed by atoms with E-state index < -0.39 is 11.5 Å². The molecule has 0 unspecified atom stereocenters. The summed E-state index contributed by atoms with van der Waals surface area (Å²) in [4.78, 5) is 24.9. The maximum Gasteiger partial charge on any atom is 0.275 e. The fourth-order valence-electron chi connectivity index (χ4n) is 2.14. The molecule has 0 radical (unpaired) electrons. The lowest BCUT2D eigenvalue weighted by atomic mass is 10.2. The van der Waals surface area contributed by atoms with E-state index in [0.717, 1.165) is 0 Å². The van der Waals surface area contributed by atoms with Gasteiger partial charge in [-0.15, -0.1) is 0 Å². The molecule has 1 aromatic carbocycles. The number of rotatable bonds is 4. The predicted molar refractivity (Wildman–Crippen MR) is 103 cm³/mol. The van der Waals surface area contributed by atoms with Crippen molar-refractivity contribution in [2.24, 2.45) is 5.73 Å². The molecule has 132 valence electrons. The molecule has 0 aliphatic carbocycles. The average Bonchev–Trinajstić information content (AvgIpc) is 2.56. The molecule has 0 bridgehead atoms. The SMILES string of the molecule is CCN(NC(=O)c1cccn(Cc2ccc(Cl)cc2Cl)c1=O)C(N)=S. The first-order valence-electron chi connectivity index (χ1n) is 7.34. The largest absolute Gasteiger partial charge is 0.375 e. The number of hydrogen-bond donors (Lipinski definition) is 2. The summed E-state index contributed by atoms with van der Waals surface area (Å²) in [7, 11) is 0. The van der Waals surface area contributed by atoms with Gasteiger partial charge in [-0.05, 0) is 49.0 Å². The van der Waals surface area contributed by atoms with Crippen molar-refractivity contribution >= 4 is 46.4 Å². The summed E-state index contributed by atoms with van der Waals surface area (Å²) >= 11 is 16.9. The van der Waals surface area contributed by atoms with Crippen LogP contribution < -0.4 is 16.7 Å². The van der Waals surface area contributed by atoms with Gasteiger partial charge < -0.3 is 10.3 Å². The standard InChI is InChI=1S/C16H16Cl2N4O2S/c1-2-22(16(19)25)20-14(23)12-4-3-7-21(15(12)24)9-10-5-6-11(17)8-13(10)18/h3-8H,2,9H2,1H3,(H2,19,25)(H,20,23). The Balaban J connectivity index is 2.29. The Labute approximate surface area is 160 Å². The van der Waals surface area contributed by atoms with Crippen LogP contribution in [0.4, 0.5) is 0 Å². The third kappa shape index (κ3) is 4.72. The van der Waals surface area contributed by atoms with Crippen LogP contribution in [-0.4, -0.2) is 27.1 Å². The number of carbonyl (C=O) groups is 1. The summed E-state index contributed by atoms with van der Waals surface area (Å²) in [6.07, 6.45) is 1.58. The summed E-state index contributed by atoms with van der Waals surface area (Å²) in [5, 5.41) is 2.25. The molecule has 0 atom stereocenters. The van der Waals surface area contributed by atoms with Crippen LogP contribution in [0.2, 0.25) is 10.0 Å². The minimum atomic E-state index is -0.587. The van der Waals surface area contributed by atoms with Gasteiger partial charge in [0.2, 0.25) is 0 Å². The predicted octanol–water partition coefficient (Wildman–Crippen LogP) is 2.41. The number of thiocarbonyl (C=S) groups is 1. The third-order valence-electron chi connectivity index (χ3n) is 3.44. The minimum Gasteiger partial charge on any atom is -0.375 e. The second-order valence-electron chi connectivity index (χ2n) is 5.11. The molecule has 0 spiro atoms. The molecule has 3 N–H and O–H groups in total. The van der Waals surface area contributed by atoms with Gasteiger partial charge in [0.25, 0.3) is 11.5 Å². The Morgan fingerprint density at radius 2 is 2.08 bits per heavy atom. The van der Waals surface area contributed by atoms with E-state index in [4.69, 9.17) is 41.2 Å². The van der Waals surface area contributed by atoms with Gasteiger partial charge in [-0.3, -0.25) is 20.0 Å². The fraction of sp³-hybridized carbons (Fsp3) is 0.188. The fourth-order valence-corrected chi connectivity index (χ4v) is 2.78. The lowest BCUT2D eigenvalue weighted by molar-refractivity contribution is 0.0872. The lowest BCUT2D eigenvalue weighted by Gasteiger charge is -2.21. The van der Waals surface area contributed by atoms with Crippen LogP contribution in [-0.2, 0) is 6.54 Å². The summed E-state index contributed by atoms with van der Waals surface area (Å²) in [5.74, 6) is -0.587. The maximum atomic E-state index is 12.6. The van der Waals surface area contributed by atoms with Gasteiger partial charge in [0.15, 0.2) is 5.11 Å². The number of aromatic nitrogens is 1. The molecule has 2 aromatic rings. The van der Waals surface area contributed by atoms with Crippen LogP contribution >= 0.6 is 35.4 Å². The van der Waals surface area contributed by atoms with Gasteiger partial charge in [-0.25, -0.2) is 0 Å². The molecule has 2 rings (SSSR count). The molecule has 0 saturated heterocycles. The zero-order valence-electron chi connectivity index (χ0n) is 13.3. The smallest absolute Gasteiger partial charge is 0.275 e. The van der Waals surface area contributed by atoms with Crippen molar-refractivity contribution in [1.29, 1.82) is 0 Å². The number of nitrogens with one attached hydrogen (secondary N) is 1. The van der Waals surface area contributed by atoms with Crippen molar-refractivity contribution in [3.63, 3.8) is 0 Å². The molecular weight excluding hydrogens is 383 g/mol. The number of halogens is 2. The number of pyridine rings is 1. The van der Waals surface area contributed by atoms with Gasteiger partial charge in [0.1, 0.15) is 5.56 Å². The second-order valence-corrected chi connectivity index (χ2v) is 6.38. The Kier molecular flexibility index (Phi) is 6.41. The van der Waals surface area contributed by atoms with Gasteiger partial charge in [-0.2, -0.15) is 0 Å². The number of carbonyl (C=O) groups excluding carboxylic acids is 1. The molecule has 25 heavy (non-hydrogen) atoms. The summed E-state index contributed by atoms with van der Waals surface area (Å²) < 4.78 is 1.39. The summed E-state index contributed by atoms with van der Waals surface area (Å²) in [6, 6.07) is 8.06. The normalized spacial score (nSPS) is 10.4. The van der Waals surface area contributed by atoms with E-state index in [0.29, 0.717) is 22.2 Å². The first kappa shape index (κ1) is 19.2. The quantitative estimate of drug-likeness (QED) is 0.610. The van der Waals surface area contributed by atoms with Gasteiger partial charge in [-0.1, -0.05) is 29.3 Å². The number of hydrazine groups is 1. The number of nitrogens with two attached hydrogens (primary N) is 1. The summed E-state index contributed by atoms with van der Waals surface area (Å²) in [5.41, 5.74) is 8.24. The number of amides is 1. The molecule has 9 heteroatoms. The van der Waals surface area contributed by atoms with E-state index >= 15 is 0 Å². The molecule has 0 aliphatic rings. The van der Waals surface area contributed by atoms with E-state index in [1.807, 2.05) is 0 Å². The molecule has 0 fully saturated rings. The van der Waals surface area contributed by atoms with E-state index in [1.165, 1.54) is 15.6 Å². The monoisotopic (exact) mass is 398 g/mol. The summed E-state index contributed by atoms with van der Waals surface area (Å²) in [6.45, 7) is 2.36. The number of benzene rings is 1. The van der Waals surface area contributed by atoms with E-state index in [1.54, 1.807) is 37.4 Å². The highest BCUT2D eigenvalue weighted by Gasteiger charge is 2.16. The zero-order chi connectivity index (χ0) is 18.6. The first-order chi connectivity index (χ1) is 11.8. The molecule has 1 heterocycles. The molecule has 6 nitrogen and oxygen atoms in total. The average molecular weight is 399 g/mol. The van der Waals surface area contributed by atoms with Crippen molar-refractivity contribution in [3.8, 4) is 0 Å².